The molecule has 0 radical (unpaired) electrons. The second kappa shape index (κ2) is 6.53. The molecular formula is C16H15NO4S. The SMILES string of the molecule is Cc1ccc(CS(=O)(=O)C=Cc2cccc([N+](=O)[O-])c2)cc1. The van der Waals surface area contributed by atoms with Gasteiger partial charge in [0.05, 0.1) is 10.7 Å². The maximum Gasteiger partial charge on any atom is 0.270 e. The van der Waals surface area contributed by atoms with E-state index in [2.05, 4.69) is 0 Å². The number of non-ortho nitro benzene ring substituents is 1. The van der Waals surface area contributed by atoms with Crippen LogP contribution in [0.1, 0.15) is 16.7 Å². The molecule has 0 spiro atoms. The third-order valence-electron chi connectivity index (χ3n) is 3.04. The fraction of sp³-hybridized carbons (Fsp3) is 0.125. The minimum absolute atomic E-state index is 0.0712. The zero-order chi connectivity index (χ0) is 16.2. The van der Waals surface area contributed by atoms with Crippen LogP contribution in [0.25, 0.3) is 6.08 Å². The van der Waals surface area contributed by atoms with Crippen LogP contribution >= 0.6 is 0 Å². The summed E-state index contributed by atoms with van der Waals surface area (Å²) in [4.78, 5) is 10.2. The lowest BCUT2D eigenvalue weighted by Gasteiger charge is -2.01. The summed E-state index contributed by atoms with van der Waals surface area (Å²) in [6, 6.07) is 13.1. The van der Waals surface area contributed by atoms with Gasteiger partial charge in [-0.25, -0.2) is 8.42 Å². The maximum atomic E-state index is 12.1. The minimum Gasteiger partial charge on any atom is -0.258 e. The molecule has 114 valence electrons. The second-order valence-electron chi connectivity index (χ2n) is 4.95. The van der Waals surface area contributed by atoms with Crippen molar-refractivity contribution in [2.75, 3.05) is 0 Å². The predicted octanol–water partition coefficient (Wildman–Crippen LogP) is 3.49. The van der Waals surface area contributed by atoms with Crippen LogP contribution < -0.4 is 0 Å². The molecule has 0 heterocycles. The zero-order valence-corrected chi connectivity index (χ0v) is 12.8. The number of rotatable bonds is 5. The van der Waals surface area contributed by atoms with E-state index in [0.29, 0.717) is 11.1 Å². The van der Waals surface area contributed by atoms with Crippen molar-refractivity contribution in [1.82, 2.24) is 0 Å². The van der Waals surface area contributed by atoms with E-state index in [1.54, 1.807) is 18.2 Å². The summed E-state index contributed by atoms with van der Waals surface area (Å²) in [7, 11) is -3.43. The summed E-state index contributed by atoms with van der Waals surface area (Å²) in [5.74, 6) is -0.0985. The standard InChI is InChI=1S/C16H15NO4S/c1-13-5-7-15(8-6-13)12-22(20,21)10-9-14-3-2-4-16(11-14)17(18)19/h2-11H,12H2,1H3. The Hall–Kier alpha value is -2.47. The largest absolute Gasteiger partial charge is 0.270 e. The number of hydrogen-bond acceptors (Lipinski definition) is 4. The highest BCUT2D eigenvalue weighted by atomic mass is 32.2. The Balaban J connectivity index is 2.15. The monoisotopic (exact) mass is 317 g/mol. The Bertz CT molecular complexity index is 808. The summed E-state index contributed by atoms with van der Waals surface area (Å²) < 4.78 is 24.1. The number of sulfone groups is 1. The van der Waals surface area contributed by atoms with Gasteiger partial charge in [0.15, 0.2) is 9.84 Å². The topological polar surface area (TPSA) is 77.3 Å². The van der Waals surface area contributed by atoms with Gasteiger partial charge in [-0.05, 0) is 24.1 Å². The van der Waals surface area contributed by atoms with E-state index in [4.69, 9.17) is 0 Å². The number of nitrogens with zero attached hydrogens (tertiary/aromatic N) is 1. The van der Waals surface area contributed by atoms with Gasteiger partial charge >= 0.3 is 0 Å². The summed E-state index contributed by atoms with van der Waals surface area (Å²) in [6.45, 7) is 1.93. The molecule has 0 aromatic heterocycles. The van der Waals surface area contributed by atoms with Crippen LogP contribution in [0, 0.1) is 17.0 Å². The first kappa shape index (κ1) is 15.9. The summed E-state index contributed by atoms with van der Waals surface area (Å²) >= 11 is 0. The molecule has 6 heteroatoms. The number of benzene rings is 2. The third-order valence-corrected chi connectivity index (χ3v) is 4.32. The highest BCUT2D eigenvalue weighted by Crippen LogP contribution is 2.16. The van der Waals surface area contributed by atoms with Crippen molar-refractivity contribution in [2.45, 2.75) is 12.7 Å². The molecule has 0 saturated carbocycles. The molecule has 0 atom stereocenters. The normalized spacial score (nSPS) is 11.7. The van der Waals surface area contributed by atoms with E-state index in [1.807, 2.05) is 19.1 Å². The molecule has 0 bridgehead atoms. The van der Waals surface area contributed by atoms with E-state index in [9.17, 15) is 18.5 Å². The molecule has 0 fully saturated rings. The first-order chi connectivity index (χ1) is 10.4. The van der Waals surface area contributed by atoms with Crippen LogP contribution in [0.2, 0.25) is 0 Å². The summed E-state index contributed by atoms with van der Waals surface area (Å²) in [5.41, 5.74) is 2.17. The molecule has 22 heavy (non-hydrogen) atoms. The summed E-state index contributed by atoms with van der Waals surface area (Å²) in [5, 5.41) is 11.8. The van der Waals surface area contributed by atoms with Crippen molar-refractivity contribution in [3.05, 3.63) is 80.7 Å². The molecule has 0 N–H and O–H groups in total. The van der Waals surface area contributed by atoms with Gasteiger partial charge in [-0.1, -0.05) is 42.0 Å². The Kier molecular flexibility index (Phi) is 4.72. The molecule has 0 aliphatic carbocycles. The van der Waals surface area contributed by atoms with Crippen LogP contribution in [-0.2, 0) is 15.6 Å². The van der Waals surface area contributed by atoms with Crippen molar-refractivity contribution in [2.24, 2.45) is 0 Å². The second-order valence-corrected chi connectivity index (χ2v) is 6.83. The van der Waals surface area contributed by atoms with Crippen LogP contribution in [0.4, 0.5) is 5.69 Å². The average molecular weight is 317 g/mol. The van der Waals surface area contributed by atoms with Crippen molar-refractivity contribution in [1.29, 1.82) is 0 Å². The first-order valence-corrected chi connectivity index (χ1v) is 8.28. The van der Waals surface area contributed by atoms with Gasteiger partial charge < -0.3 is 0 Å². The van der Waals surface area contributed by atoms with Crippen LogP contribution in [0.15, 0.2) is 53.9 Å². The van der Waals surface area contributed by atoms with Gasteiger partial charge in [-0.15, -0.1) is 0 Å². The molecule has 2 rings (SSSR count). The van der Waals surface area contributed by atoms with Crippen molar-refractivity contribution in [3.63, 3.8) is 0 Å². The Labute approximate surface area is 129 Å². The number of nitro groups is 1. The molecular weight excluding hydrogens is 302 g/mol. The van der Waals surface area contributed by atoms with Crippen LogP contribution in [-0.4, -0.2) is 13.3 Å². The van der Waals surface area contributed by atoms with Crippen molar-refractivity contribution >= 4 is 21.6 Å². The van der Waals surface area contributed by atoms with Gasteiger partial charge in [0.1, 0.15) is 0 Å². The van der Waals surface area contributed by atoms with E-state index in [-0.39, 0.29) is 11.4 Å². The van der Waals surface area contributed by atoms with Crippen molar-refractivity contribution < 1.29 is 13.3 Å². The van der Waals surface area contributed by atoms with E-state index < -0.39 is 14.8 Å². The predicted molar refractivity (Wildman–Crippen MR) is 85.9 cm³/mol. The van der Waals surface area contributed by atoms with Gasteiger partial charge in [0.2, 0.25) is 0 Å². The maximum absolute atomic E-state index is 12.1. The van der Waals surface area contributed by atoms with Gasteiger partial charge in [-0.3, -0.25) is 10.1 Å². The van der Waals surface area contributed by atoms with Crippen LogP contribution in [0.3, 0.4) is 0 Å². The minimum atomic E-state index is -3.43. The molecule has 5 nitrogen and oxygen atoms in total. The smallest absolute Gasteiger partial charge is 0.258 e. The fourth-order valence-corrected chi connectivity index (χ4v) is 3.01. The number of nitro benzene ring substituents is 1. The first-order valence-electron chi connectivity index (χ1n) is 6.56. The molecule has 0 aliphatic rings. The lowest BCUT2D eigenvalue weighted by Crippen LogP contribution is -1.99. The van der Waals surface area contributed by atoms with E-state index >= 15 is 0 Å². The molecule has 0 aliphatic heterocycles. The highest BCUT2D eigenvalue weighted by molar-refractivity contribution is 7.93. The molecule has 0 saturated heterocycles. The third kappa shape index (κ3) is 4.53. The Morgan fingerprint density at radius 1 is 1.14 bits per heavy atom. The van der Waals surface area contributed by atoms with Crippen molar-refractivity contribution in [3.8, 4) is 0 Å². The quantitative estimate of drug-likeness (QED) is 0.624. The van der Waals surface area contributed by atoms with Crippen LogP contribution in [0.5, 0.6) is 0 Å². The van der Waals surface area contributed by atoms with Gasteiger partial charge in [-0.2, -0.15) is 0 Å². The van der Waals surface area contributed by atoms with E-state index in [1.165, 1.54) is 24.3 Å². The fourth-order valence-electron chi connectivity index (χ4n) is 1.89. The number of aryl methyl sites for hydroxylation is 1. The van der Waals surface area contributed by atoms with E-state index in [0.717, 1.165) is 11.0 Å². The van der Waals surface area contributed by atoms with Gasteiger partial charge in [0, 0.05) is 17.5 Å². The van der Waals surface area contributed by atoms with Gasteiger partial charge in [0.25, 0.3) is 5.69 Å². The highest BCUT2D eigenvalue weighted by Gasteiger charge is 2.09. The zero-order valence-electron chi connectivity index (χ0n) is 12.0. The average Bonchev–Trinajstić information content (AvgIpc) is 2.48. The molecule has 2 aromatic carbocycles. The Morgan fingerprint density at radius 2 is 1.82 bits per heavy atom. The lowest BCUT2D eigenvalue weighted by molar-refractivity contribution is -0.384. The Morgan fingerprint density at radius 3 is 2.45 bits per heavy atom. The summed E-state index contributed by atoms with van der Waals surface area (Å²) in [6.07, 6.45) is 1.37. The number of hydrogen-bond donors (Lipinski definition) is 0. The molecule has 0 amide bonds. The molecule has 0 unspecified atom stereocenters. The molecule has 2 aromatic rings. The lowest BCUT2D eigenvalue weighted by atomic mass is 10.2.